The molecular weight excluding hydrogens is 558 g/mol. The smallest absolute Gasteiger partial charge is 0.250 e. The van der Waals surface area contributed by atoms with Crippen molar-refractivity contribution in [1.82, 2.24) is 14.9 Å². The zero-order chi connectivity index (χ0) is 29.3. The number of hydrogen-bond acceptors (Lipinski definition) is 5. The number of carbonyl (C=O) groups is 1. The fourth-order valence-corrected chi connectivity index (χ4v) is 6.02. The van der Waals surface area contributed by atoms with Crippen LogP contribution in [0.3, 0.4) is 0 Å². The summed E-state index contributed by atoms with van der Waals surface area (Å²) in [6.07, 6.45) is 1.79. The molecule has 1 aliphatic rings. The van der Waals surface area contributed by atoms with E-state index in [1.54, 1.807) is 13.3 Å². The quantitative estimate of drug-likeness (QED) is 0.236. The second-order valence-corrected chi connectivity index (χ2v) is 10.7. The molecule has 1 aliphatic heterocycles. The van der Waals surface area contributed by atoms with Gasteiger partial charge in [0, 0.05) is 41.1 Å². The summed E-state index contributed by atoms with van der Waals surface area (Å²) in [6.45, 7) is 6.16. The number of carbonyl (C=O) groups excluding carboxylic acids is 1. The molecule has 10 heteroatoms. The Morgan fingerprint density at radius 1 is 1.10 bits per heavy atom. The summed E-state index contributed by atoms with van der Waals surface area (Å²) < 4.78 is 12.8. The number of nitrogens with one attached hydrogen (secondary N) is 2. The molecule has 0 bridgehead atoms. The van der Waals surface area contributed by atoms with Crippen molar-refractivity contribution in [2.75, 3.05) is 31.0 Å². The zero-order valence-corrected chi connectivity index (χ0v) is 25.1. The fourth-order valence-electron chi connectivity index (χ4n) is 5.51. The minimum Gasteiger partial charge on any atom is -0.495 e. The van der Waals surface area contributed by atoms with Gasteiger partial charge in [-0.25, -0.2) is 0 Å². The lowest BCUT2D eigenvalue weighted by Crippen LogP contribution is -2.29. The van der Waals surface area contributed by atoms with Crippen LogP contribution in [0.5, 0.6) is 5.75 Å². The third-order valence-corrected chi connectivity index (χ3v) is 8.10. The summed E-state index contributed by atoms with van der Waals surface area (Å²) in [5.41, 5.74) is 7.45. The Bertz CT molecular complexity index is 1610. The number of halogens is 1. The second-order valence-electron chi connectivity index (χ2n) is 9.91. The molecule has 0 aliphatic carbocycles. The number of pyridine rings is 1. The Balaban J connectivity index is 1.67. The van der Waals surface area contributed by atoms with Crippen molar-refractivity contribution in [3.63, 3.8) is 0 Å². The molecule has 2 aromatic heterocycles. The van der Waals surface area contributed by atoms with Crippen LogP contribution in [-0.2, 0) is 9.53 Å². The lowest BCUT2D eigenvalue weighted by atomic mass is 9.96. The molecular formula is C31H32ClN5O3S. The van der Waals surface area contributed by atoms with Gasteiger partial charge in [-0.1, -0.05) is 23.7 Å². The van der Waals surface area contributed by atoms with Gasteiger partial charge in [0.1, 0.15) is 12.4 Å². The molecule has 2 N–H and O–H groups in total. The first kappa shape index (κ1) is 28.6. The maximum absolute atomic E-state index is 12.4. The Morgan fingerprint density at radius 3 is 2.61 bits per heavy atom. The summed E-state index contributed by atoms with van der Waals surface area (Å²) in [4.78, 5) is 19.2. The molecule has 41 heavy (non-hydrogen) atoms. The SMILES string of the molecule is COCC(=O)Nc1cc(N2C(=S)N[C@H](c3ccccn3)[C@H]2c2cc(C)n(-c3cccc(Cl)c3C)c2C)ccc1OC. The van der Waals surface area contributed by atoms with Crippen LogP contribution >= 0.6 is 23.8 Å². The van der Waals surface area contributed by atoms with E-state index in [2.05, 4.69) is 51.1 Å². The molecule has 0 radical (unpaired) electrons. The molecule has 2 atom stereocenters. The summed E-state index contributed by atoms with van der Waals surface area (Å²) >= 11 is 12.5. The van der Waals surface area contributed by atoms with Crippen LogP contribution in [0.4, 0.5) is 11.4 Å². The average Bonchev–Trinajstić information content (AvgIpc) is 3.45. The average molecular weight is 590 g/mol. The van der Waals surface area contributed by atoms with Gasteiger partial charge in [0.15, 0.2) is 5.11 Å². The van der Waals surface area contributed by atoms with E-state index < -0.39 is 0 Å². The number of hydrogen-bond donors (Lipinski definition) is 2. The van der Waals surface area contributed by atoms with Crippen LogP contribution in [-0.4, -0.2) is 41.4 Å². The van der Waals surface area contributed by atoms with Crippen LogP contribution in [0.1, 0.15) is 40.3 Å². The van der Waals surface area contributed by atoms with Crippen molar-refractivity contribution in [3.05, 3.63) is 100 Å². The molecule has 3 heterocycles. The maximum Gasteiger partial charge on any atom is 0.250 e. The van der Waals surface area contributed by atoms with Gasteiger partial charge in [-0.05, 0) is 92.6 Å². The van der Waals surface area contributed by atoms with Crippen LogP contribution < -0.4 is 20.3 Å². The second kappa shape index (κ2) is 11.9. The molecule has 0 saturated carbocycles. The summed E-state index contributed by atoms with van der Waals surface area (Å²) in [7, 11) is 3.04. The topological polar surface area (TPSA) is 80.7 Å². The Kier molecular flexibility index (Phi) is 8.30. The first-order valence-electron chi connectivity index (χ1n) is 13.2. The molecule has 1 amide bonds. The van der Waals surface area contributed by atoms with Gasteiger partial charge in [0.2, 0.25) is 5.91 Å². The monoisotopic (exact) mass is 589 g/mol. The maximum atomic E-state index is 12.4. The number of anilines is 2. The van der Waals surface area contributed by atoms with Gasteiger partial charge in [-0.2, -0.15) is 0 Å². The van der Waals surface area contributed by atoms with Crippen molar-refractivity contribution >= 4 is 46.2 Å². The van der Waals surface area contributed by atoms with E-state index >= 15 is 0 Å². The number of amides is 1. The first-order chi connectivity index (χ1) is 19.7. The predicted octanol–water partition coefficient (Wildman–Crippen LogP) is 6.22. The van der Waals surface area contributed by atoms with Gasteiger partial charge < -0.3 is 29.6 Å². The number of benzene rings is 2. The van der Waals surface area contributed by atoms with Gasteiger partial charge >= 0.3 is 0 Å². The van der Waals surface area contributed by atoms with Crippen LogP contribution in [0.2, 0.25) is 5.02 Å². The summed E-state index contributed by atoms with van der Waals surface area (Å²) in [5, 5.41) is 7.67. The normalized spacial score (nSPS) is 16.5. The standard InChI is InChI=1S/C31H32ClN5O3S/c1-18-15-22(20(3)36(18)26-11-8-9-23(32)19(26)2)30-29(24-10-6-7-14-33-24)35-31(41)37(30)21-12-13-27(40-5)25(16-21)34-28(38)17-39-4/h6-16,29-30H,17H2,1-5H3,(H,34,38)(H,35,41)/t29-,30-/m1/s1. The van der Waals surface area contributed by atoms with Gasteiger partial charge in [-0.15, -0.1) is 0 Å². The number of aromatic nitrogens is 2. The van der Waals surface area contributed by atoms with Gasteiger partial charge in [0.25, 0.3) is 0 Å². The van der Waals surface area contributed by atoms with Crippen molar-refractivity contribution in [2.24, 2.45) is 0 Å². The van der Waals surface area contributed by atoms with E-state index in [0.29, 0.717) is 16.5 Å². The number of aryl methyl sites for hydroxylation is 1. The lowest BCUT2D eigenvalue weighted by molar-refractivity contribution is -0.119. The molecule has 0 unspecified atom stereocenters. The highest BCUT2D eigenvalue weighted by Gasteiger charge is 2.42. The van der Waals surface area contributed by atoms with Crippen LogP contribution in [0.25, 0.3) is 5.69 Å². The molecule has 212 valence electrons. The highest BCUT2D eigenvalue weighted by Crippen LogP contribution is 2.45. The van der Waals surface area contributed by atoms with Crippen molar-refractivity contribution in [3.8, 4) is 11.4 Å². The van der Waals surface area contributed by atoms with E-state index in [0.717, 1.165) is 44.6 Å². The van der Waals surface area contributed by atoms with E-state index in [1.165, 1.54) is 7.11 Å². The third kappa shape index (κ3) is 5.40. The van der Waals surface area contributed by atoms with Crippen molar-refractivity contribution < 1.29 is 14.3 Å². The third-order valence-electron chi connectivity index (χ3n) is 7.38. The lowest BCUT2D eigenvalue weighted by Gasteiger charge is -2.29. The molecule has 4 aromatic rings. The number of thiocarbonyl (C=S) groups is 1. The first-order valence-corrected chi connectivity index (χ1v) is 14.0. The van der Waals surface area contributed by atoms with Gasteiger partial charge in [-0.3, -0.25) is 9.78 Å². The largest absolute Gasteiger partial charge is 0.495 e. The van der Waals surface area contributed by atoms with E-state index in [-0.39, 0.29) is 24.6 Å². The number of nitrogens with zero attached hydrogens (tertiary/aromatic N) is 3. The van der Waals surface area contributed by atoms with E-state index in [4.69, 9.17) is 33.3 Å². The van der Waals surface area contributed by atoms with Crippen molar-refractivity contribution in [1.29, 1.82) is 0 Å². The molecule has 1 saturated heterocycles. The fraction of sp³-hybridized carbons (Fsp3) is 0.258. The highest BCUT2D eigenvalue weighted by atomic mass is 35.5. The van der Waals surface area contributed by atoms with Crippen LogP contribution in [0.15, 0.2) is 66.9 Å². The van der Waals surface area contributed by atoms with Gasteiger partial charge in [0.05, 0.1) is 30.6 Å². The summed E-state index contributed by atoms with van der Waals surface area (Å²) in [5.74, 6) is 0.247. The van der Waals surface area contributed by atoms with Crippen LogP contribution in [0, 0.1) is 20.8 Å². The molecule has 0 spiro atoms. The van der Waals surface area contributed by atoms with E-state index in [9.17, 15) is 4.79 Å². The Hall–Kier alpha value is -3.92. The Labute approximate surface area is 250 Å². The molecule has 8 nitrogen and oxygen atoms in total. The minimum atomic E-state index is -0.284. The van der Waals surface area contributed by atoms with E-state index in [1.807, 2.05) is 55.5 Å². The minimum absolute atomic E-state index is 0.0731. The zero-order valence-electron chi connectivity index (χ0n) is 23.6. The number of rotatable bonds is 8. The molecule has 1 fully saturated rings. The predicted molar refractivity (Wildman–Crippen MR) is 166 cm³/mol. The number of methoxy groups -OCH3 is 2. The van der Waals surface area contributed by atoms with Crippen molar-refractivity contribution in [2.45, 2.75) is 32.9 Å². The molecule has 5 rings (SSSR count). The Morgan fingerprint density at radius 2 is 1.90 bits per heavy atom. The highest BCUT2D eigenvalue weighted by molar-refractivity contribution is 7.80. The molecule has 2 aromatic carbocycles. The summed E-state index contributed by atoms with van der Waals surface area (Å²) in [6, 6.07) is 19.2. The number of ether oxygens (including phenoxy) is 2.